The molecule has 1 N–H and O–H groups in total. The number of rotatable bonds is 4. The SMILES string of the molecule is CCCN(C)CC1CCCCN1. The van der Waals surface area contributed by atoms with Gasteiger partial charge in [0.25, 0.3) is 0 Å². The molecule has 12 heavy (non-hydrogen) atoms. The van der Waals surface area contributed by atoms with Crippen LogP contribution in [0.1, 0.15) is 32.6 Å². The smallest absolute Gasteiger partial charge is 0.0194 e. The molecule has 0 saturated carbocycles. The highest BCUT2D eigenvalue weighted by atomic mass is 15.1. The quantitative estimate of drug-likeness (QED) is 0.687. The number of nitrogens with one attached hydrogen (secondary N) is 1. The summed E-state index contributed by atoms with van der Waals surface area (Å²) in [5.74, 6) is 0. The summed E-state index contributed by atoms with van der Waals surface area (Å²) in [6.07, 6.45) is 5.42. The van der Waals surface area contributed by atoms with E-state index in [2.05, 4.69) is 24.2 Å². The van der Waals surface area contributed by atoms with Crippen LogP contribution >= 0.6 is 0 Å². The third-order valence-corrected chi connectivity index (χ3v) is 2.55. The molecule has 0 aliphatic carbocycles. The molecule has 1 fully saturated rings. The molecule has 0 spiro atoms. The van der Waals surface area contributed by atoms with Crippen LogP contribution in [-0.4, -0.2) is 37.6 Å². The molecular formula is C10H22N2. The van der Waals surface area contributed by atoms with Crippen molar-refractivity contribution in [1.29, 1.82) is 0 Å². The first-order valence-electron chi connectivity index (χ1n) is 5.25. The summed E-state index contributed by atoms with van der Waals surface area (Å²) in [7, 11) is 2.22. The summed E-state index contributed by atoms with van der Waals surface area (Å²) in [5.41, 5.74) is 0. The average Bonchev–Trinajstić information content (AvgIpc) is 2.06. The highest BCUT2D eigenvalue weighted by molar-refractivity contribution is 4.74. The molecule has 1 heterocycles. The van der Waals surface area contributed by atoms with Gasteiger partial charge in [0.2, 0.25) is 0 Å². The molecule has 1 saturated heterocycles. The minimum absolute atomic E-state index is 0.760. The molecule has 0 aromatic rings. The standard InChI is InChI=1S/C10H22N2/c1-3-8-12(2)9-10-6-4-5-7-11-10/h10-11H,3-9H2,1-2H3. The number of hydrogen-bond donors (Lipinski definition) is 1. The zero-order chi connectivity index (χ0) is 8.81. The van der Waals surface area contributed by atoms with Crippen molar-refractivity contribution in [3.8, 4) is 0 Å². The summed E-state index contributed by atoms with van der Waals surface area (Å²) >= 11 is 0. The fourth-order valence-corrected chi connectivity index (χ4v) is 1.93. The Morgan fingerprint density at radius 2 is 2.25 bits per heavy atom. The van der Waals surface area contributed by atoms with Gasteiger partial charge in [0.05, 0.1) is 0 Å². The number of piperidine rings is 1. The summed E-state index contributed by atoms with van der Waals surface area (Å²) in [5, 5.41) is 3.57. The third-order valence-electron chi connectivity index (χ3n) is 2.55. The van der Waals surface area contributed by atoms with E-state index in [9.17, 15) is 0 Å². The molecule has 1 rings (SSSR count). The second-order valence-electron chi connectivity index (χ2n) is 3.91. The van der Waals surface area contributed by atoms with Crippen LogP contribution in [0.15, 0.2) is 0 Å². The molecule has 0 radical (unpaired) electrons. The minimum Gasteiger partial charge on any atom is -0.313 e. The van der Waals surface area contributed by atoms with Gasteiger partial charge < -0.3 is 10.2 Å². The van der Waals surface area contributed by atoms with Gasteiger partial charge in [-0.25, -0.2) is 0 Å². The van der Waals surface area contributed by atoms with Gasteiger partial charge in [-0.2, -0.15) is 0 Å². The molecule has 2 heteroatoms. The normalized spacial score (nSPS) is 24.8. The lowest BCUT2D eigenvalue weighted by molar-refractivity contribution is 0.263. The Morgan fingerprint density at radius 3 is 2.83 bits per heavy atom. The van der Waals surface area contributed by atoms with Crippen molar-refractivity contribution in [3.63, 3.8) is 0 Å². The molecule has 1 unspecified atom stereocenters. The van der Waals surface area contributed by atoms with E-state index in [1.807, 2.05) is 0 Å². The fraction of sp³-hybridized carbons (Fsp3) is 1.00. The van der Waals surface area contributed by atoms with Crippen molar-refractivity contribution in [2.24, 2.45) is 0 Å². The van der Waals surface area contributed by atoms with Gasteiger partial charge in [-0.15, -0.1) is 0 Å². The van der Waals surface area contributed by atoms with Crippen molar-refractivity contribution in [2.45, 2.75) is 38.6 Å². The van der Waals surface area contributed by atoms with Gasteiger partial charge in [0.1, 0.15) is 0 Å². The Bertz CT molecular complexity index is 108. The molecule has 1 aliphatic heterocycles. The summed E-state index contributed by atoms with van der Waals surface area (Å²) < 4.78 is 0. The van der Waals surface area contributed by atoms with Gasteiger partial charge in [-0.1, -0.05) is 13.3 Å². The molecule has 2 nitrogen and oxygen atoms in total. The van der Waals surface area contributed by atoms with Crippen LogP contribution in [0.4, 0.5) is 0 Å². The van der Waals surface area contributed by atoms with Crippen molar-refractivity contribution in [1.82, 2.24) is 10.2 Å². The van der Waals surface area contributed by atoms with Crippen molar-refractivity contribution < 1.29 is 0 Å². The Balaban J connectivity index is 2.11. The monoisotopic (exact) mass is 170 g/mol. The zero-order valence-corrected chi connectivity index (χ0v) is 8.47. The van der Waals surface area contributed by atoms with Gasteiger partial charge in [0.15, 0.2) is 0 Å². The maximum Gasteiger partial charge on any atom is 0.0194 e. The van der Waals surface area contributed by atoms with Crippen LogP contribution in [-0.2, 0) is 0 Å². The van der Waals surface area contributed by atoms with Crippen molar-refractivity contribution >= 4 is 0 Å². The van der Waals surface area contributed by atoms with Gasteiger partial charge >= 0.3 is 0 Å². The van der Waals surface area contributed by atoms with E-state index in [0.717, 1.165) is 6.04 Å². The van der Waals surface area contributed by atoms with Crippen LogP contribution in [0.25, 0.3) is 0 Å². The first kappa shape index (κ1) is 10.0. The molecule has 0 amide bonds. The first-order valence-corrected chi connectivity index (χ1v) is 5.25. The van der Waals surface area contributed by atoms with E-state index in [4.69, 9.17) is 0 Å². The summed E-state index contributed by atoms with van der Waals surface area (Å²) in [6, 6.07) is 0.760. The molecule has 1 aliphatic rings. The first-order chi connectivity index (χ1) is 5.83. The summed E-state index contributed by atoms with van der Waals surface area (Å²) in [4.78, 5) is 2.43. The molecule has 1 atom stereocenters. The third kappa shape index (κ3) is 3.55. The highest BCUT2D eigenvalue weighted by Crippen LogP contribution is 2.07. The van der Waals surface area contributed by atoms with E-state index in [0.29, 0.717) is 0 Å². The lowest BCUT2D eigenvalue weighted by Crippen LogP contribution is -2.42. The zero-order valence-electron chi connectivity index (χ0n) is 8.47. The van der Waals surface area contributed by atoms with E-state index in [1.165, 1.54) is 45.3 Å². The van der Waals surface area contributed by atoms with Crippen molar-refractivity contribution in [2.75, 3.05) is 26.7 Å². The number of hydrogen-bond acceptors (Lipinski definition) is 2. The second kappa shape index (κ2) is 5.55. The van der Waals surface area contributed by atoms with E-state index < -0.39 is 0 Å². The van der Waals surface area contributed by atoms with Crippen LogP contribution in [0, 0.1) is 0 Å². The molecule has 0 aromatic heterocycles. The maximum absolute atomic E-state index is 3.57. The largest absolute Gasteiger partial charge is 0.313 e. The molecule has 0 aromatic carbocycles. The maximum atomic E-state index is 3.57. The minimum atomic E-state index is 0.760. The number of nitrogens with zero attached hydrogens (tertiary/aromatic N) is 1. The fourth-order valence-electron chi connectivity index (χ4n) is 1.93. The Hall–Kier alpha value is -0.0800. The lowest BCUT2D eigenvalue weighted by Gasteiger charge is -2.27. The average molecular weight is 170 g/mol. The molecule has 0 bridgehead atoms. The van der Waals surface area contributed by atoms with Gasteiger partial charge in [-0.05, 0) is 39.4 Å². The van der Waals surface area contributed by atoms with Gasteiger partial charge in [-0.3, -0.25) is 0 Å². The van der Waals surface area contributed by atoms with E-state index in [1.54, 1.807) is 0 Å². The second-order valence-corrected chi connectivity index (χ2v) is 3.91. The van der Waals surface area contributed by atoms with Crippen LogP contribution in [0.3, 0.4) is 0 Å². The predicted molar refractivity (Wildman–Crippen MR) is 53.4 cm³/mol. The Kier molecular flexibility index (Phi) is 4.62. The molecule has 72 valence electrons. The Morgan fingerprint density at radius 1 is 1.42 bits per heavy atom. The number of likely N-dealkylation sites (N-methyl/N-ethyl adjacent to an activating group) is 1. The van der Waals surface area contributed by atoms with Gasteiger partial charge in [0, 0.05) is 12.6 Å². The van der Waals surface area contributed by atoms with E-state index >= 15 is 0 Å². The Labute approximate surface area is 76.3 Å². The lowest BCUT2D eigenvalue weighted by atomic mass is 10.0. The molecular weight excluding hydrogens is 148 g/mol. The van der Waals surface area contributed by atoms with Crippen molar-refractivity contribution in [3.05, 3.63) is 0 Å². The van der Waals surface area contributed by atoms with Crippen LogP contribution in [0.5, 0.6) is 0 Å². The predicted octanol–water partition coefficient (Wildman–Crippen LogP) is 1.47. The van der Waals surface area contributed by atoms with E-state index in [-0.39, 0.29) is 0 Å². The summed E-state index contributed by atoms with van der Waals surface area (Å²) in [6.45, 7) is 5.93. The van der Waals surface area contributed by atoms with Crippen LogP contribution in [0.2, 0.25) is 0 Å². The topological polar surface area (TPSA) is 15.3 Å². The highest BCUT2D eigenvalue weighted by Gasteiger charge is 2.13. The van der Waals surface area contributed by atoms with Crippen LogP contribution < -0.4 is 5.32 Å².